The molecule has 0 saturated carbocycles. The Balaban J connectivity index is 2.49. The first-order valence-electron chi connectivity index (χ1n) is 5.97. The summed E-state index contributed by atoms with van der Waals surface area (Å²) in [5.41, 5.74) is 0. The largest absolute Gasteiger partial charge is 0.468 e. The first-order valence-corrected chi connectivity index (χ1v) is 5.97. The lowest BCUT2D eigenvalue weighted by Gasteiger charge is -2.22. The Labute approximate surface area is 103 Å². The topological polar surface area (TPSA) is 45.5 Å². The van der Waals surface area contributed by atoms with Crippen LogP contribution in [0.5, 0.6) is 0 Å². The van der Waals surface area contributed by atoms with Crippen LogP contribution in [0, 0.1) is 5.92 Å². The average molecular weight is 238 g/mol. The van der Waals surface area contributed by atoms with Gasteiger partial charge in [-0.1, -0.05) is 13.8 Å². The van der Waals surface area contributed by atoms with E-state index in [-0.39, 0.29) is 11.9 Å². The van der Waals surface area contributed by atoms with Crippen LogP contribution >= 0.6 is 0 Å². The fourth-order valence-electron chi connectivity index (χ4n) is 1.67. The first-order chi connectivity index (χ1) is 8.00. The number of furan rings is 1. The third-order valence-electron chi connectivity index (χ3n) is 2.58. The van der Waals surface area contributed by atoms with E-state index in [0.29, 0.717) is 18.9 Å². The summed E-state index contributed by atoms with van der Waals surface area (Å²) in [6.45, 7) is 4.65. The van der Waals surface area contributed by atoms with Crippen molar-refractivity contribution in [2.75, 3.05) is 20.6 Å². The van der Waals surface area contributed by atoms with E-state index in [1.807, 2.05) is 45.0 Å². The van der Waals surface area contributed by atoms with Crippen molar-refractivity contribution in [3.05, 3.63) is 24.2 Å². The molecule has 4 nitrogen and oxygen atoms in total. The molecule has 0 radical (unpaired) electrons. The Morgan fingerprint density at radius 3 is 2.65 bits per heavy atom. The minimum Gasteiger partial charge on any atom is -0.468 e. The molecule has 1 heterocycles. The highest BCUT2D eigenvalue weighted by Crippen LogP contribution is 2.17. The summed E-state index contributed by atoms with van der Waals surface area (Å²) in [4.78, 5) is 13.6. The number of carbonyl (C=O) groups is 1. The molecule has 17 heavy (non-hydrogen) atoms. The zero-order valence-electron chi connectivity index (χ0n) is 11.1. The average Bonchev–Trinajstić information content (AvgIpc) is 2.69. The molecular formula is C13H22N2O2. The normalized spacial score (nSPS) is 13.1. The monoisotopic (exact) mass is 238 g/mol. The molecule has 1 atom stereocenters. The van der Waals surface area contributed by atoms with E-state index in [9.17, 15) is 4.79 Å². The Kier molecular flexibility index (Phi) is 5.22. The summed E-state index contributed by atoms with van der Waals surface area (Å²) in [6, 6.07) is 3.88. The molecule has 0 unspecified atom stereocenters. The number of nitrogens with one attached hydrogen (secondary N) is 1. The van der Waals surface area contributed by atoms with Crippen molar-refractivity contribution in [1.29, 1.82) is 0 Å². The summed E-state index contributed by atoms with van der Waals surface area (Å²) in [5, 5.41) is 2.94. The highest BCUT2D eigenvalue weighted by Gasteiger charge is 2.17. The van der Waals surface area contributed by atoms with Crippen LogP contribution in [0.4, 0.5) is 0 Å². The first kappa shape index (κ1) is 13.8. The van der Waals surface area contributed by atoms with Gasteiger partial charge in [-0.2, -0.15) is 0 Å². The molecule has 1 N–H and O–H groups in total. The molecule has 0 aliphatic carbocycles. The lowest BCUT2D eigenvalue weighted by molar-refractivity contribution is -0.122. The second-order valence-corrected chi connectivity index (χ2v) is 4.90. The second kappa shape index (κ2) is 6.45. The van der Waals surface area contributed by atoms with Gasteiger partial charge in [-0.25, -0.2) is 0 Å². The van der Waals surface area contributed by atoms with Gasteiger partial charge in [-0.3, -0.25) is 9.69 Å². The van der Waals surface area contributed by atoms with Crippen LogP contribution in [-0.4, -0.2) is 31.4 Å². The summed E-state index contributed by atoms with van der Waals surface area (Å²) in [6.07, 6.45) is 2.22. The van der Waals surface area contributed by atoms with Crippen molar-refractivity contribution in [2.24, 2.45) is 5.92 Å². The second-order valence-electron chi connectivity index (χ2n) is 4.90. The minimum atomic E-state index is 0.0844. The predicted molar refractivity (Wildman–Crippen MR) is 67.6 cm³/mol. The van der Waals surface area contributed by atoms with Crippen LogP contribution in [0.25, 0.3) is 0 Å². The Morgan fingerprint density at radius 2 is 2.18 bits per heavy atom. The molecule has 96 valence electrons. The Hall–Kier alpha value is -1.29. The van der Waals surface area contributed by atoms with Gasteiger partial charge in [0.25, 0.3) is 0 Å². The molecule has 0 spiro atoms. The lowest BCUT2D eigenvalue weighted by atomic mass is 10.1. The van der Waals surface area contributed by atoms with Crippen LogP contribution in [-0.2, 0) is 4.79 Å². The van der Waals surface area contributed by atoms with Crippen molar-refractivity contribution < 1.29 is 9.21 Å². The highest BCUT2D eigenvalue weighted by molar-refractivity contribution is 5.76. The molecule has 1 amide bonds. The maximum atomic E-state index is 11.6. The molecule has 1 rings (SSSR count). The number of rotatable bonds is 6. The van der Waals surface area contributed by atoms with Gasteiger partial charge in [-0.15, -0.1) is 0 Å². The molecule has 1 aromatic rings. The van der Waals surface area contributed by atoms with Crippen LogP contribution in [0.15, 0.2) is 22.8 Å². The molecule has 0 bridgehead atoms. The molecule has 0 aromatic carbocycles. The summed E-state index contributed by atoms with van der Waals surface area (Å²) in [5.74, 6) is 1.36. The van der Waals surface area contributed by atoms with Gasteiger partial charge in [0.05, 0.1) is 12.3 Å². The van der Waals surface area contributed by atoms with E-state index in [4.69, 9.17) is 4.42 Å². The van der Waals surface area contributed by atoms with Gasteiger partial charge in [-0.05, 0) is 32.1 Å². The SMILES string of the molecule is CC(C)CC(=O)NC[C@H](c1ccco1)N(C)C. The lowest BCUT2D eigenvalue weighted by Crippen LogP contribution is -2.34. The molecule has 4 heteroatoms. The summed E-state index contributed by atoms with van der Waals surface area (Å²) in [7, 11) is 3.95. The van der Waals surface area contributed by atoms with E-state index in [0.717, 1.165) is 5.76 Å². The van der Waals surface area contributed by atoms with Crippen LogP contribution in [0.1, 0.15) is 32.1 Å². The Morgan fingerprint density at radius 1 is 1.47 bits per heavy atom. The number of carbonyl (C=O) groups excluding carboxylic acids is 1. The predicted octanol–water partition coefficient (Wildman–Crippen LogP) is 2.04. The maximum absolute atomic E-state index is 11.6. The van der Waals surface area contributed by atoms with E-state index in [1.165, 1.54) is 0 Å². The zero-order valence-corrected chi connectivity index (χ0v) is 11.1. The van der Waals surface area contributed by atoms with Crippen molar-refractivity contribution in [1.82, 2.24) is 10.2 Å². The van der Waals surface area contributed by atoms with Crippen LogP contribution in [0.2, 0.25) is 0 Å². The highest BCUT2D eigenvalue weighted by atomic mass is 16.3. The number of hydrogen-bond acceptors (Lipinski definition) is 3. The molecule has 1 aromatic heterocycles. The van der Waals surface area contributed by atoms with Gasteiger partial charge in [0, 0.05) is 13.0 Å². The summed E-state index contributed by atoms with van der Waals surface area (Å²) < 4.78 is 5.38. The van der Waals surface area contributed by atoms with Crippen molar-refractivity contribution in [3.8, 4) is 0 Å². The van der Waals surface area contributed by atoms with Crippen LogP contribution < -0.4 is 5.32 Å². The number of hydrogen-bond donors (Lipinski definition) is 1. The van der Waals surface area contributed by atoms with E-state index in [2.05, 4.69) is 5.32 Å². The van der Waals surface area contributed by atoms with Crippen molar-refractivity contribution in [2.45, 2.75) is 26.3 Å². The van der Waals surface area contributed by atoms with Gasteiger partial charge < -0.3 is 9.73 Å². The minimum absolute atomic E-state index is 0.0844. The van der Waals surface area contributed by atoms with Gasteiger partial charge in [0.1, 0.15) is 5.76 Å². The molecule has 0 aliphatic rings. The van der Waals surface area contributed by atoms with Crippen LogP contribution in [0.3, 0.4) is 0 Å². The standard InChI is InChI=1S/C13H22N2O2/c1-10(2)8-13(16)14-9-11(15(3)4)12-6-5-7-17-12/h5-7,10-11H,8-9H2,1-4H3,(H,14,16)/t11-/m1/s1. The van der Waals surface area contributed by atoms with Gasteiger partial charge in [0.15, 0.2) is 0 Å². The van der Waals surface area contributed by atoms with Gasteiger partial charge in [0.2, 0.25) is 5.91 Å². The van der Waals surface area contributed by atoms with Crippen molar-refractivity contribution >= 4 is 5.91 Å². The molecule has 0 aliphatic heterocycles. The smallest absolute Gasteiger partial charge is 0.220 e. The molecular weight excluding hydrogens is 216 g/mol. The quantitative estimate of drug-likeness (QED) is 0.825. The maximum Gasteiger partial charge on any atom is 0.220 e. The van der Waals surface area contributed by atoms with E-state index >= 15 is 0 Å². The zero-order chi connectivity index (χ0) is 12.8. The molecule has 0 fully saturated rings. The number of likely N-dealkylation sites (N-methyl/N-ethyl adjacent to an activating group) is 1. The third kappa shape index (κ3) is 4.61. The van der Waals surface area contributed by atoms with E-state index in [1.54, 1.807) is 6.26 Å². The Bertz CT molecular complexity index is 331. The fourth-order valence-corrected chi connectivity index (χ4v) is 1.67. The van der Waals surface area contributed by atoms with E-state index < -0.39 is 0 Å². The third-order valence-corrected chi connectivity index (χ3v) is 2.58. The number of nitrogens with zero attached hydrogens (tertiary/aromatic N) is 1. The summed E-state index contributed by atoms with van der Waals surface area (Å²) >= 11 is 0. The fraction of sp³-hybridized carbons (Fsp3) is 0.615. The van der Waals surface area contributed by atoms with Crippen molar-refractivity contribution in [3.63, 3.8) is 0 Å². The molecule has 0 saturated heterocycles. The number of amides is 1. The van der Waals surface area contributed by atoms with Gasteiger partial charge >= 0.3 is 0 Å².